The molecule has 0 saturated heterocycles. The molecule has 0 unspecified atom stereocenters. The second-order valence-corrected chi connectivity index (χ2v) is 11.5. The van der Waals surface area contributed by atoms with Crippen LogP contribution in [0.2, 0.25) is 0 Å². The minimum atomic E-state index is -4.65. The molecule has 0 saturated carbocycles. The van der Waals surface area contributed by atoms with Crippen LogP contribution < -0.4 is 15.2 Å². The highest BCUT2D eigenvalue weighted by atomic mass is 19.4. The van der Waals surface area contributed by atoms with E-state index in [1.54, 1.807) is 40.7 Å². The molecule has 2 N–H and O–H groups in total. The Morgan fingerprint density at radius 2 is 0.907 bits per heavy atom. The maximum Gasteiger partial charge on any atom is 0.420 e. The number of hydrogen-bond donors (Lipinski definition) is 1. The average molecular weight is 602 g/mol. The second kappa shape index (κ2) is 11.2. The van der Waals surface area contributed by atoms with Crippen molar-refractivity contribution in [3.63, 3.8) is 0 Å². The molecule has 0 aliphatic heterocycles. The number of halogens is 6. The summed E-state index contributed by atoms with van der Waals surface area (Å²) in [6.45, 7) is 12.7. The summed E-state index contributed by atoms with van der Waals surface area (Å²) in [5.74, 6) is 0.0374. The molecule has 43 heavy (non-hydrogen) atoms. The van der Waals surface area contributed by atoms with Crippen LogP contribution in [0, 0.1) is 34.6 Å². The van der Waals surface area contributed by atoms with Gasteiger partial charge < -0.3 is 15.2 Å². The van der Waals surface area contributed by atoms with Crippen LogP contribution in [-0.2, 0) is 17.8 Å². The average Bonchev–Trinajstić information content (AvgIpc) is 2.88. The molecular weight excluding hydrogens is 568 g/mol. The highest BCUT2D eigenvalue weighted by Gasteiger charge is 2.36. The van der Waals surface area contributed by atoms with Crippen LogP contribution in [0.5, 0.6) is 23.0 Å². The summed E-state index contributed by atoms with van der Waals surface area (Å²) in [4.78, 5) is 0. The van der Waals surface area contributed by atoms with E-state index >= 15 is 0 Å². The Hall–Kier alpha value is -4.14. The minimum absolute atomic E-state index is 0.0214. The molecule has 4 aromatic carbocycles. The summed E-state index contributed by atoms with van der Waals surface area (Å²) >= 11 is 0. The molecule has 0 heterocycles. The molecule has 9 heteroatoms. The lowest BCUT2D eigenvalue weighted by Gasteiger charge is -2.29. The Balaban J connectivity index is 1.69. The summed E-state index contributed by atoms with van der Waals surface area (Å²) in [6.07, 6.45) is -9.22. The van der Waals surface area contributed by atoms with E-state index in [-0.39, 0.29) is 17.2 Å². The van der Waals surface area contributed by atoms with Gasteiger partial charge in [-0.15, -0.1) is 0 Å². The lowest BCUT2D eigenvalue weighted by atomic mass is 9.76. The predicted octanol–water partition coefficient (Wildman–Crippen LogP) is 10.8. The van der Waals surface area contributed by atoms with E-state index in [2.05, 4.69) is 0 Å². The molecule has 4 rings (SSSR count). The molecule has 4 aromatic rings. The smallest absolute Gasteiger partial charge is 0.420 e. The zero-order chi connectivity index (χ0) is 32.1. The first-order chi connectivity index (χ1) is 19.8. The van der Waals surface area contributed by atoms with E-state index in [1.807, 2.05) is 38.1 Å². The molecule has 0 fully saturated rings. The van der Waals surface area contributed by atoms with E-state index in [9.17, 15) is 26.3 Å². The topological polar surface area (TPSA) is 44.5 Å². The maximum atomic E-state index is 13.7. The van der Waals surface area contributed by atoms with E-state index < -0.39 is 28.9 Å². The van der Waals surface area contributed by atoms with Crippen LogP contribution in [0.25, 0.3) is 0 Å². The number of aryl methyl sites for hydroxylation is 5. The Morgan fingerprint density at radius 1 is 0.535 bits per heavy atom. The molecular formula is C34H33F6NO2. The lowest BCUT2D eigenvalue weighted by Crippen LogP contribution is -2.20. The van der Waals surface area contributed by atoms with E-state index in [0.717, 1.165) is 23.3 Å². The SMILES string of the molecule is Cc1ccc(Oc2c(C)cc(C(C)(C)c3cc(C)c(Oc4ccc(N)cc4C(F)(F)F)c(C)c3)cc2C)c(C(F)(F)F)c1. The number of alkyl halides is 6. The van der Waals surface area contributed by atoms with Gasteiger partial charge in [-0.3, -0.25) is 0 Å². The van der Waals surface area contributed by atoms with E-state index in [1.165, 1.54) is 18.2 Å². The molecule has 0 atom stereocenters. The Labute approximate surface area is 247 Å². The van der Waals surface area contributed by atoms with Gasteiger partial charge in [0, 0.05) is 11.1 Å². The monoisotopic (exact) mass is 601 g/mol. The summed E-state index contributed by atoms with van der Waals surface area (Å²) in [6, 6.07) is 14.9. The second-order valence-electron chi connectivity index (χ2n) is 11.5. The molecule has 3 nitrogen and oxygen atoms in total. The quantitative estimate of drug-likeness (QED) is 0.177. The predicted molar refractivity (Wildman–Crippen MR) is 156 cm³/mol. The maximum absolute atomic E-state index is 13.7. The van der Waals surface area contributed by atoms with Gasteiger partial charge in [0.15, 0.2) is 0 Å². The minimum Gasteiger partial charge on any atom is -0.456 e. The van der Waals surface area contributed by atoms with E-state index in [4.69, 9.17) is 15.2 Å². The number of ether oxygens (including phenoxy) is 2. The van der Waals surface area contributed by atoms with E-state index in [0.29, 0.717) is 39.3 Å². The van der Waals surface area contributed by atoms with Crippen LogP contribution in [0.1, 0.15) is 63.9 Å². The van der Waals surface area contributed by atoms with Crippen LogP contribution in [-0.4, -0.2) is 0 Å². The zero-order valence-electron chi connectivity index (χ0n) is 24.9. The van der Waals surface area contributed by atoms with Gasteiger partial charge in [-0.1, -0.05) is 49.7 Å². The number of nitrogen functional groups attached to an aromatic ring is 1. The largest absolute Gasteiger partial charge is 0.456 e. The Kier molecular flexibility index (Phi) is 8.26. The number of benzene rings is 4. The van der Waals surface area contributed by atoms with Crippen LogP contribution in [0.4, 0.5) is 32.0 Å². The third-order valence-corrected chi connectivity index (χ3v) is 7.54. The van der Waals surface area contributed by atoms with Gasteiger partial charge in [0.2, 0.25) is 0 Å². The van der Waals surface area contributed by atoms with Crippen molar-refractivity contribution in [3.8, 4) is 23.0 Å². The summed E-state index contributed by atoms with van der Waals surface area (Å²) in [7, 11) is 0. The zero-order valence-corrected chi connectivity index (χ0v) is 24.9. The fourth-order valence-electron chi connectivity index (χ4n) is 5.14. The fraction of sp³-hybridized carbons (Fsp3) is 0.294. The van der Waals surface area contributed by atoms with Gasteiger partial charge >= 0.3 is 12.4 Å². The molecule has 0 bridgehead atoms. The van der Waals surface area contributed by atoms with Crippen molar-refractivity contribution in [1.82, 2.24) is 0 Å². The van der Waals surface area contributed by atoms with Crippen molar-refractivity contribution in [2.24, 2.45) is 0 Å². The molecule has 0 amide bonds. The lowest BCUT2D eigenvalue weighted by molar-refractivity contribution is -0.139. The summed E-state index contributed by atoms with van der Waals surface area (Å²) in [5.41, 5.74) is 8.03. The summed E-state index contributed by atoms with van der Waals surface area (Å²) in [5, 5.41) is 0. The normalized spacial score (nSPS) is 12.4. The first-order valence-electron chi connectivity index (χ1n) is 13.5. The number of anilines is 1. The van der Waals surface area contributed by atoms with Crippen molar-refractivity contribution < 1.29 is 35.8 Å². The van der Waals surface area contributed by atoms with Gasteiger partial charge in [0.05, 0.1) is 5.56 Å². The van der Waals surface area contributed by atoms with Crippen molar-refractivity contribution in [3.05, 3.63) is 111 Å². The summed E-state index contributed by atoms with van der Waals surface area (Å²) < 4.78 is 93.7. The molecule has 0 spiro atoms. The van der Waals surface area contributed by atoms with Crippen molar-refractivity contribution >= 4 is 5.69 Å². The standard InChI is InChI=1S/C34H33F6NO2/c1-18-8-10-28(26(12-18)33(35,36)37)42-30-19(2)13-23(14-20(30)3)32(6,7)24-15-21(4)31(22(5)16-24)43-29-11-9-25(41)17-27(29)34(38,39)40/h8-17H,41H2,1-7H3. The van der Waals surface area contributed by atoms with Gasteiger partial charge in [-0.05, 0) is 98.3 Å². The first-order valence-corrected chi connectivity index (χ1v) is 13.5. The van der Waals surface area contributed by atoms with Crippen molar-refractivity contribution in [2.75, 3.05) is 5.73 Å². The third kappa shape index (κ3) is 6.60. The number of hydrogen-bond acceptors (Lipinski definition) is 3. The Bertz CT molecular complexity index is 1520. The van der Waals surface area contributed by atoms with Crippen LogP contribution >= 0.6 is 0 Å². The number of rotatable bonds is 6. The highest BCUT2D eigenvalue weighted by molar-refractivity contribution is 5.56. The van der Waals surface area contributed by atoms with Gasteiger partial charge in [-0.25, -0.2) is 0 Å². The molecule has 0 aliphatic carbocycles. The van der Waals surface area contributed by atoms with Gasteiger partial charge in [0.25, 0.3) is 0 Å². The third-order valence-electron chi connectivity index (χ3n) is 7.54. The van der Waals surface area contributed by atoms with Gasteiger partial charge in [0.1, 0.15) is 28.6 Å². The van der Waals surface area contributed by atoms with Gasteiger partial charge in [-0.2, -0.15) is 26.3 Å². The van der Waals surface area contributed by atoms with Crippen LogP contribution in [0.3, 0.4) is 0 Å². The van der Waals surface area contributed by atoms with Crippen molar-refractivity contribution in [2.45, 2.75) is 66.2 Å². The number of nitrogens with two attached hydrogens (primary N) is 1. The molecule has 228 valence electrons. The Morgan fingerprint density at radius 3 is 1.30 bits per heavy atom. The first kappa shape index (κ1) is 31.8. The molecule has 0 aromatic heterocycles. The van der Waals surface area contributed by atoms with Crippen LogP contribution in [0.15, 0.2) is 60.7 Å². The fourth-order valence-corrected chi connectivity index (χ4v) is 5.14. The molecule has 0 aliphatic rings. The van der Waals surface area contributed by atoms with Crippen molar-refractivity contribution in [1.29, 1.82) is 0 Å². The molecule has 0 radical (unpaired) electrons. The highest BCUT2D eigenvalue weighted by Crippen LogP contribution is 2.44.